The predicted molar refractivity (Wildman–Crippen MR) is 140 cm³/mol. The summed E-state index contributed by atoms with van der Waals surface area (Å²) in [6.45, 7) is 1.14. The number of piperidine rings is 1. The number of nitrogens with one attached hydrogen (secondary N) is 1. The molecular formula is C30H26F4N4O2. The van der Waals surface area contributed by atoms with Gasteiger partial charge in [-0.05, 0) is 30.5 Å². The molecule has 40 heavy (non-hydrogen) atoms. The second kappa shape index (κ2) is 12.3. The second-order valence-electron chi connectivity index (χ2n) is 9.53. The summed E-state index contributed by atoms with van der Waals surface area (Å²) in [4.78, 5) is 23.4. The van der Waals surface area contributed by atoms with Crippen LogP contribution in [0, 0.1) is 23.3 Å². The Bertz CT molecular complexity index is 1440. The molecule has 2 heterocycles. The molecular weight excluding hydrogens is 524 g/mol. The maximum Gasteiger partial charge on any atom is 0.254 e. The van der Waals surface area contributed by atoms with E-state index in [0.717, 1.165) is 5.56 Å². The van der Waals surface area contributed by atoms with Crippen LogP contribution < -0.4 is 10.1 Å². The van der Waals surface area contributed by atoms with E-state index in [1.165, 1.54) is 24.5 Å². The zero-order valence-electron chi connectivity index (χ0n) is 21.4. The van der Waals surface area contributed by atoms with Gasteiger partial charge in [0.1, 0.15) is 18.2 Å². The maximum atomic E-state index is 14.2. The fraction of sp³-hybridized carbons (Fsp3) is 0.233. The van der Waals surface area contributed by atoms with Crippen LogP contribution in [0.1, 0.15) is 34.8 Å². The van der Waals surface area contributed by atoms with Gasteiger partial charge in [-0.25, -0.2) is 27.5 Å². The van der Waals surface area contributed by atoms with Gasteiger partial charge in [0.25, 0.3) is 5.91 Å². The smallest absolute Gasteiger partial charge is 0.254 e. The largest absolute Gasteiger partial charge is 0.486 e. The number of benzene rings is 3. The summed E-state index contributed by atoms with van der Waals surface area (Å²) < 4.78 is 60.6. The molecule has 0 spiro atoms. The number of carbonyl (C=O) groups is 1. The van der Waals surface area contributed by atoms with Crippen molar-refractivity contribution in [2.75, 3.05) is 19.7 Å². The first-order valence-electron chi connectivity index (χ1n) is 12.8. The zero-order valence-corrected chi connectivity index (χ0v) is 21.4. The molecule has 1 atom stereocenters. The molecule has 5 rings (SSSR count). The van der Waals surface area contributed by atoms with Crippen LogP contribution in [0.25, 0.3) is 11.4 Å². The molecule has 1 saturated heterocycles. The van der Waals surface area contributed by atoms with Crippen molar-refractivity contribution in [3.8, 4) is 17.1 Å². The lowest BCUT2D eigenvalue weighted by atomic mass is 9.99. The minimum absolute atomic E-state index is 0.0461. The number of ether oxygens (including phenoxy) is 1. The van der Waals surface area contributed by atoms with Gasteiger partial charge in [-0.1, -0.05) is 42.5 Å². The van der Waals surface area contributed by atoms with Crippen molar-refractivity contribution >= 4 is 5.91 Å². The second-order valence-corrected chi connectivity index (χ2v) is 9.53. The summed E-state index contributed by atoms with van der Waals surface area (Å²) in [5, 5.41) is 3.01. The Labute approximate surface area is 228 Å². The molecule has 6 nitrogen and oxygen atoms in total. The van der Waals surface area contributed by atoms with Crippen molar-refractivity contribution in [2.24, 2.45) is 0 Å². The van der Waals surface area contributed by atoms with E-state index in [-0.39, 0.29) is 24.6 Å². The van der Waals surface area contributed by atoms with Crippen LogP contribution in [0.5, 0.6) is 5.75 Å². The quantitative estimate of drug-likeness (QED) is 0.285. The van der Waals surface area contributed by atoms with Crippen LogP contribution >= 0.6 is 0 Å². The van der Waals surface area contributed by atoms with E-state index in [9.17, 15) is 22.4 Å². The van der Waals surface area contributed by atoms with Crippen molar-refractivity contribution in [3.05, 3.63) is 114 Å². The summed E-state index contributed by atoms with van der Waals surface area (Å²) in [6, 6.07) is 16.1. The fourth-order valence-electron chi connectivity index (χ4n) is 4.76. The Balaban J connectivity index is 1.20. The molecule has 1 fully saturated rings. The number of rotatable bonds is 8. The van der Waals surface area contributed by atoms with E-state index in [2.05, 4.69) is 20.2 Å². The molecule has 1 aliphatic heterocycles. The molecule has 1 amide bonds. The van der Waals surface area contributed by atoms with E-state index in [4.69, 9.17) is 4.74 Å². The average Bonchev–Trinajstić information content (AvgIpc) is 2.96. The van der Waals surface area contributed by atoms with Gasteiger partial charge in [0.2, 0.25) is 0 Å². The third kappa shape index (κ3) is 6.45. The highest BCUT2D eigenvalue weighted by molar-refractivity contribution is 5.93. The number of hydrogen-bond acceptors (Lipinski definition) is 5. The number of likely N-dealkylation sites (tertiary alicyclic amines) is 1. The summed E-state index contributed by atoms with van der Waals surface area (Å²) >= 11 is 0. The SMILES string of the molecule is O=C(NC1CCN(C(COc2c(F)cc(F)cc2F)c2ccccc2)CC1)c1cnc(-c2cccc(F)c2)nc1. The van der Waals surface area contributed by atoms with E-state index in [1.807, 2.05) is 30.3 Å². The molecule has 0 saturated carbocycles. The predicted octanol–water partition coefficient (Wildman–Crippen LogP) is 5.71. The third-order valence-electron chi connectivity index (χ3n) is 6.84. The number of aromatic nitrogens is 2. The molecule has 206 valence electrons. The first kappa shape index (κ1) is 27.3. The first-order chi connectivity index (χ1) is 19.4. The summed E-state index contributed by atoms with van der Waals surface area (Å²) in [5.41, 5.74) is 1.71. The Morgan fingerprint density at radius 2 is 1.57 bits per heavy atom. The van der Waals surface area contributed by atoms with Gasteiger partial charge >= 0.3 is 0 Å². The van der Waals surface area contributed by atoms with Crippen LogP contribution in [-0.4, -0.2) is 46.5 Å². The monoisotopic (exact) mass is 550 g/mol. The highest BCUT2D eigenvalue weighted by Crippen LogP contribution is 2.29. The van der Waals surface area contributed by atoms with Crippen LogP contribution in [-0.2, 0) is 0 Å². The lowest BCUT2D eigenvalue weighted by Gasteiger charge is -2.38. The Kier molecular flexibility index (Phi) is 8.35. The van der Waals surface area contributed by atoms with Gasteiger partial charge in [0.05, 0.1) is 11.6 Å². The number of amides is 1. The highest BCUT2D eigenvalue weighted by atomic mass is 19.1. The molecule has 1 aromatic heterocycles. The fourth-order valence-corrected chi connectivity index (χ4v) is 4.76. The topological polar surface area (TPSA) is 67.4 Å². The minimum atomic E-state index is -1.10. The Morgan fingerprint density at radius 3 is 2.23 bits per heavy atom. The van der Waals surface area contributed by atoms with E-state index < -0.39 is 29.0 Å². The number of hydrogen-bond donors (Lipinski definition) is 1. The van der Waals surface area contributed by atoms with Gasteiger partial charge < -0.3 is 10.1 Å². The Morgan fingerprint density at radius 1 is 0.900 bits per heavy atom. The number of nitrogens with zero attached hydrogens (tertiary/aromatic N) is 3. The summed E-state index contributed by atoms with van der Waals surface area (Å²) in [6.07, 6.45) is 4.09. The standard InChI is InChI=1S/C30H26F4N4O2/c31-22-8-4-7-20(13-22)29-35-16-21(17-36-29)30(39)37-24-9-11-38(12-10-24)27(19-5-2-1-3-6-19)18-40-28-25(33)14-23(32)15-26(28)34/h1-8,13-17,24,27H,9-12,18H2,(H,37,39). The van der Waals surface area contributed by atoms with Crippen molar-refractivity contribution < 1.29 is 27.1 Å². The van der Waals surface area contributed by atoms with Gasteiger partial charge in [0, 0.05) is 49.2 Å². The normalized spacial score (nSPS) is 15.0. The van der Waals surface area contributed by atoms with Crippen LogP contribution in [0.3, 0.4) is 0 Å². The highest BCUT2D eigenvalue weighted by Gasteiger charge is 2.28. The maximum absolute atomic E-state index is 14.2. The molecule has 0 bridgehead atoms. The van der Waals surface area contributed by atoms with E-state index >= 15 is 0 Å². The van der Waals surface area contributed by atoms with Gasteiger partial charge in [0.15, 0.2) is 23.2 Å². The lowest BCUT2D eigenvalue weighted by molar-refractivity contribution is 0.0828. The molecule has 0 aliphatic carbocycles. The number of halogens is 4. The van der Waals surface area contributed by atoms with E-state index in [0.29, 0.717) is 55.0 Å². The molecule has 1 unspecified atom stereocenters. The molecule has 1 aliphatic rings. The van der Waals surface area contributed by atoms with E-state index in [1.54, 1.807) is 12.1 Å². The molecule has 1 N–H and O–H groups in total. The molecule has 3 aromatic carbocycles. The van der Waals surface area contributed by atoms with Gasteiger partial charge in [-0.3, -0.25) is 9.69 Å². The van der Waals surface area contributed by atoms with Crippen molar-refractivity contribution in [1.29, 1.82) is 0 Å². The van der Waals surface area contributed by atoms with Crippen LogP contribution in [0.15, 0.2) is 79.1 Å². The molecule has 4 aromatic rings. The summed E-state index contributed by atoms with van der Waals surface area (Å²) in [5.74, 6) is -4.22. The van der Waals surface area contributed by atoms with Crippen molar-refractivity contribution in [3.63, 3.8) is 0 Å². The van der Waals surface area contributed by atoms with Gasteiger partial charge in [-0.15, -0.1) is 0 Å². The lowest BCUT2D eigenvalue weighted by Crippen LogP contribution is -2.46. The van der Waals surface area contributed by atoms with Crippen molar-refractivity contribution in [1.82, 2.24) is 20.2 Å². The summed E-state index contributed by atoms with van der Waals surface area (Å²) in [7, 11) is 0. The molecule has 10 heteroatoms. The van der Waals surface area contributed by atoms with Gasteiger partial charge in [-0.2, -0.15) is 0 Å². The third-order valence-corrected chi connectivity index (χ3v) is 6.84. The minimum Gasteiger partial charge on any atom is -0.486 e. The van der Waals surface area contributed by atoms with Crippen molar-refractivity contribution in [2.45, 2.75) is 24.9 Å². The zero-order chi connectivity index (χ0) is 28.1. The Hall–Kier alpha value is -4.31. The number of carbonyl (C=O) groups excluding carboxylic acids is 1. The van der Waals surface area contributed by atoms with Crippen LogP contribution in [0.4, 0.5) is 17.6 Å². The van der Waals surface area contributed by atoms with Crippen LogP contribution in [0.2, 0.25) is 0 Å². The molecule has 0 radical (unpaired) electrons. The first-order valence-corrected chi connectivity index (χ1v) is 12.8. The average molecular weight is 551 g/mol.